The Labute approximate surface area is 79.2 Å². The van der Waals surface area contributed by atoms with E-state index in [-0.39, 0.29) is 5.75 Å². The summed E-state index contributed by atoms with van der Waals surface area (Å²) >= 11 is 0. The van der Waals surface area contributed by atoms with Crippen LogP contribution in [0.25, 0.3) is 10.9 Å². The monoisotopic (exact) mass is 194 g/mol. The zero-order chi connectivity index (χ0) is 9.97. The van der Waals surface area contributed by atoms with E-state index in [1.54, 1.807) is 25.3 Å². The molecule has 0 aliphatic carbocycles. The summed E-state index contributed by atoms with van der Waals surface area (Å²) in [6.45, 7) is 0. The molecule has 1 aromatic heterocycles. The molecule has 0 saturated carbocycles. The summed E-state index contributed by atoms with van der Waals surface area (Å²) in [7, 11) is 1.55. The zero-order valence-corrected chi connectivity index (χ0v) is 7.40. The van der Waals surface area contributed by atoms with Gasteiger partial charge in [0, 0.05) is 10.6 Å². The van der Waals surface area contributed by atoms with Crippen LogP contribution in [0.4, 0.5) is 4.53 Å². The normalized spacial score (nSPS) is 10.1. The molecule has 2 aromatic rings. The number of fused-ring (bicyclic) bond motifs is 1. The Morgan fingerprint density at radius 2 is 2.21 bits per heavy atom. The predicted octanol–water partition coefficient (Wildman–Crippen LogP) is 1.90. The minimum Gasteiger partial charge on any atom is -0.497 e. The van der Waals surface area contributed by atoms with Crippen molar-refractivity contribution in [3.05, 3.63) is 24.4 Å². The van der Waals surface area contributed by atoms with Gasteiger partial charge < -0.3 is 4.74 Å². The van der Waals surface area contributed by atoms with Crippen LogP contribution >= 0.6 is 0 Å². The summed E-state index contributed by atoms with van der Waals surface area (Å²) < 4.78 is 17.0. The van der Waals surface area contributed by atoms with Gasteiger partial charge in [0.25, 0.3) is 0 Å². The smallest absolute Gasteiger partial charge is 0.201 e. The molecule has 4 nitrogen and oxygen atoms in total. The Morgan fingerprint density at radius 3 is 2.93 bits per heavy atom. The Bertz CT molecular complexity index is 462. The standard InChI is InChI=1S/C9H7FN2O2/c1-13-6-2-3-7-8(4-6)12-11-5-9(7)14-10/h2-5H,1H3. The highest BCUT2D eigenvalue weighted by Gasteiger charge is 2.05. The molecule has 72 valence electrons. The molecule has 0 saturated heterocycles. The summed E-state index contributed by atoms with van der Waals surface area (Å²) in [5, 5.41) is 7.97. The number of halogens is 1. The molecule has 0 N–H and O–H groups in total. The second-order valence-corrected chi connectivity index (χ2v) is 2.67. The maximum Gasteiger partial charge on any atom is 0.201 e. The van der Waals surface area contributed by atoms with E-state index in [0.717, 1.165) is 0 Å². The Morgan fingerprint density at radius 1 is 1.36 bits per heavy atom. The first-order valence-electron chi connectivity index (χ1n) is 3.93. The first-order chi connectivity index (χ1) is 6.85. The number of hydrogen-bond donors (Lipinski definition) is 0. The molecule has 0 unspecified atom stereocenters. The fraction of sp³-hybridized carbons (Fsp3) is 0.111. The van der Waals surface area contributed by atoms with Crippen LogP contribution in [0.15, 0.2) is 24.4 Å². The summed E-state index contributed by atoms with van der Waals surface area (Å²) in [5.41, 5.74) is 0.527. The summed E-state index contributed by atoms with van der Waals surface area (Å²) in [4.78, 5) is 3.66. The van der Waals surface area contributed by atoms with E-state index in [1.807, 2.05) is 0 Å². The Kier molecular flexibility index (Phi) is 2.14. The van der Waals surface area contributed by atoms with Gasteiger partial charge in [0.15, 0.2) is 0 Å². The predicted molar refractivity (Wildman–Crippen MR) is 47.8 cm³/mol. The molecule has 1 aromatic carbocycles. The van der Waals surface area contributed by atoms with Crippen LogP contribution in [-0.2, 0) is 0 Å². The number of nitrogens with zero attached hydrogens (tertiary/aromatic N) is 2. The summed E-state index contributed by atoms with van der Waals surface area (Å²) in [6.07, 6.45) is 1.22. The quantitative estimate of drug-likeness (QED) is 0.732. The number of benzene rings is 1. The molecule has 0 amide bonds. The van der Waals surface area contributed by atoms with E-state index in [0.29, 0.717) is 16.7 Å². The van der Waals surface area contributed by atoms with Gasteiger partial charge in [-0.3, -0.25) is 4.94 Å². The van der Waals surface area contributed by atoms with Crippen molar-refractivity contribution in [2.45, 2.75) is 0 Å². The zero-order valence-electron chi connectivity index (χ0n) is 7.40. The lowest BCUT2D eigenvalue weighted by Crippen LogP contribution is -1.89. The molecule has 0 fully saturated rings. The molecule has 0 spiro atoms. The first-order valence-corrected chi connectivity index (χ1v) is 3.93. The topological polar surface area (TPSA) is 44.2 Å². The largest absolute Gasteiger partial charge is 0.497 e. The molecular weight excluding hydrogens is 187 g/mol. The van der Waals surface area contributed by atoms with Crippen LogP contribution < -0.4 is 9.68 Å². The van der Waals surface area contributed by atoms with Crippen LogP contribution in [-0.4, -0.2) is 17.3 Å². The van der Waals surface area contributed by atoms with Crippen molar-refractivity contribution in [2.75, 3.05) is 7.11 Å². The molecule has 0 atom stereocenters. The van der Waals surface area contributed by atoms with Gasteiger partial charge in [-0.05, 0) is 12.1 Å². The van der Waals surface area contributed by atoms with E-state index in [1.165, 1.54) is 6.20 Å². The third-order valence-corrected chi connectivity index (χ3v) is 1.89. The van der Waals surface area contributed by atoms with E-state index < -0.39 is 0 Å². The third kappa shape index (κ3) is 1.32. The molecule has 0 aliphatic rings. The van der Waals surface area contributed by atoms with Crippen molar-refractivity contribution in [3.63, 3.8) is 0 Å². The van der Waals surface area contributed by atoms with Crippen molar-refractivity contribution < 1.29 is 14.2 Å². The van der Waals surface area contributed by atoms with Crippen molar-refractivity contribution in [3.8, 4) is 11.5 Å². The second kappa shape index (κ2) is 3.45. The number of aromatic nitrogens is 2. The Balaban J connectivity index is 2.67. The fourth-order valence-corrected chi connectivity index (χ4v) is 1.20. The molecule has 0 radical (unpaired) electrons. The lowest BCUT2D eigenvalue weighted by molar-refractivity contribution is -0.00477. The summed E-state index contributed by atoms with van der Waals surface area (Å²) in [6, 6.07) is 5.02. The van der Waals surface area contributed by atoms with Gasteiger partial charge in [-0.1, -0.05) is 0 Å². The average molecular weight is 194 g/mol. The number of ether oxygens (including phenoxy) is 1. The number of hydrogen-bond acceptors (Lipinski definition) is 4. The maximum atomic E-state index is 12.0. The highest BCUT2D eigenvalue weighted by molar-refractivity contribution is 5.85. The molecule has 2 rings (SSSR count). The maximum absolute atomic E-state index is 12.0. The minimum absolute atomic E-state index is 0.0534. The van der Waals surface area contributed by atoms with Crippen LogP contribution in [0.1, 0.15) is 0 Å². The molecule has 0 bridgehead atoms. The van der Waals surface area contributed by atoms with Gasteiger partial charge in [-0.2, -0.15) is 10.2 Å². The molecule has 1 heterocycles. The van der Waals surface area contributed by atoms with Crippen molar-refractivity contribution >= 4 is 10.9 Å². The van der Waals surface area contributed by atoms with E-state index in [2.05, 4.69) is 15.1 Å². The van der Waals surface area contributed by atoms with E-state index in [4.69, 9.17) is 4.74 Å². The van der Waals surface area contributed by atoms with Gasteiger partial charge in [-0.15, -0.1) is 0 Å². The van der Waals surface area contributed by atoms with Crippen molar-refractivity contribution in [1.82, 2.24) is 10.2 Å². The van der Waals surface area contributed by atoms with Gasteiger partial charge in [0.2, 0.25) is 5.75 Å². The van der Waals surface area contributed by atoms with Crippen LogP contribution in [0.2, 0.25) is 0 Å². The first kappa shape index (κ1) is 8.68. The second-order valence-electron chi connectivity index (χ2n) is 2.67. The number of rotatable bonds is 2. The van der Waals surface area contributed by atoms with Gasteiger partial charge >= 0.3 is 0 Å². The highest BCUT2D eigenvalue weighted by Crippen LogP contribution is 2.26. The molecule has 5 heteroatoms. The lowest BCUT2D eigenvalue weighted by Gasteiger charge is -2.02. The minimum atomic E-state index is 0.0534. The van der Waals surface area contributed by atoms with Crippen LogP contribution in [0.3, 0.4) is 0 Å². The van der Waals surface area contributed by atoms with Gasteiger partial charge in [-0.25, -0.2) is 0 Å². The van der Waals surface area contributed by atoms with E-state index >= 15 is 0 Å². The molecular formula is C9H7FN2O2. The van der Waals surface area contributed by atoms with Crippen molar-refractivity contribution in [2.24, 2.45) is 0 Å². The van der Waals surface area contributed by atoms with Gasteiger partial charge in [0.1, 0.15) is 11.3 Å². The Hall–Kier alpha value is -1.91. The number of methoxy groups -OCH3 is 1. The lowest BCUT2D eigenvalue weighted by atomic mass is 10.2. The van der Waals surface area contributed by atoms with Crippen LogP contribution in [0.5, 0.6) is 11.5 Å². The highest BCUT2D eigenvalue weighted by atomic mass is 19.3. The average Bonchev–Trinajstić information content (AvgIpc) is 2.27. The van der Waals surface area contributed by atoms with Gasteiger partial charge in [0.05, 0.1) is 18.7 Å². The SMILES string of the molecule is COc1ccc2c(OF)cnnc2c1. The molecule has 0 aliphatic heterocycles. The third-order valence-electron chi connectivity index (χ3n) is 1.89. The molecule has 14 heavy (non-hydrogen) atoms. The van der Waals surface area contributed by atoms with E-state index in [9.17, 15) is 4.53 Å². The summed E-state index contributed by atoms with van der Waals surface area (Å²) in [5.74, 6) is 0.695. The van der Waals surface area contributed by atoms with Crippen LogP contribution in [0, 0.1) is 0 Å². The van der Waals surface area contributed by atoms with Crippen molar-refractivity contribution in [1.29, 1.82) is 0 Å². The fourth-order valence-electron chi connectivity index (χ4n) is 1.20.